The quantitative estimate of drug-likeness (QED) is 0.806. The van der Waals surface area contributed by atoms with Crippen molar-refractivity contribution in [2.75, 3.05) is 13.7 Å². The highest BCUT2D eigenvalue weighted by molar-refractivity contribution is 5.75. The number of methoxy groups -OCH3 is 1. The van der Waals surface area contributed by atoms with Crippen LogP contribution in [0.4, 0.5) is 4.39 Å². The van der Waals surface area contributed by atoms with E-state index in [1.165, 1.54) is 19.2 Å². The van der Waals surface area contributed by atoms with Crippen LogP contribution in [0.15, 0.2) is 28.8 Å². The molecule has 0 unspecified atom stereocenters. The maximum Gasteiger partial charge on any atom is 0.323 e. The van der Waals surface area contributed by atoms with Crippen molar-refractivity contribution < 1.29 is 18.4 Å². The number of nitrogens with zero attached hydrogens (tertiary/aromatic N) is 3. The van der Waals surface area contributed by atoms with Crippen LogP contribution in [-0.4, -0.2) is 40.7 Å². The van der Waals surface area contributed by atoms with E-state index in [1.54, 1.807) is 12.1 Å². The van der Waals surface area contributed by atoms with Gasteiger partial charge in [-0.1, -0.05) is 11.6 Å². The standard InChI is InChI=1S/C16H18FN3O3/c1-22-16(21)13-4-2-3-9-20(13)10-14-18-15(19-23-14)11-5-7-12(17)8-6-11/h5-8,13H,2-4,9-10H2,1H3/t13-/m1/s1. The number of benzene rings is 1. The summed E-state index contributed by atoms with van der Waals surface area (Å²) in [6.45, 7) is 1.18. The van der Waals surface area contributed by atoms with E-state index in [1.807, 2.05) is 4.90 Å². The molecule has 0 amide bonds. The zero-order valence-electron chi connectivity index (χ0n) is 12.9. The number of halogens is 1. The van der Waals surface area contributed by atoms with Gasteiger partial charge in [0, 0.05) is 5.56 Å². The Balaban J connectivity index is 1.72. The number of rotatable bonds is 4. The highest BCUT2D eigenvalue weighted by Gasteiger charge is 2.30. The zero-order valence-corrected chi connectivity index (χ0v) is 12.9. The second kappa shape index (κ2) is 6.87. The van der Waals surface area contributed by atoms with Gasteiger partial charge in [0.05, 0.1) is 13.7 Å². The Hall–Kier alpha value is -2.28. The Morgan fingerprint density at radius 2 is 2.17 bits per heavy atom. The summed E-state index contributed by atoms with van der Waals surface area (Å²) in [5.41, 5.74) is 0.685. The first kappa shape index (κ1) is 15.6. The third-order valence-corrected chi connectivity index (χ3v) is 4.00. The Labute approximate surface area is 133 Å². The van der Waals surface area contributed by atoms with Gasteiger partial charge in [-0.25, -0.2) is 4.39 Å². The largest absolute Gasteiger partial charge is 0.468 e. The molecule has 0 bridgehead atoms. The molecule has 1 aliphatic rings. The fourth-order valence-corrected chi connectivity index (χ4v) is 2.79. The van der Waals surface area contributed by atoms with Gasteiger partial charge in [0.1, 0.15) is 11.9 Å². The summed E-state index contributed by atoms with van der Waals surface area (Å²) < 4.78 is 23.1. The number of hydrogen-bond acceptors (Lipinski definition) is 6. The van der Waals surface area contributed by atoms with Crippen LogP contribution in [0.2, 0.25) is 0 Å². The number of carbonyl (C=O) groups is 1. The Morgan fingerprint density at radius 3 is 2.91 bits per heavy atom. The molecule has 2 heterocycles. The number of esters is 1. The maximum absolute atomic E-state index is 13.0. The highest BCUT2D eigenvalue weighted by atomic mass is 19.1. The van der Waals surface area contributed by atoms with Crippen molar-refractivity contribution in [3.05, 3.63) is 36.0 Å². The van der Waals surface area contributed by atoms with Crippen LogP contribution in [0.5, 0.6) is 0 Å². The summed E-state index contributed by atoms with van der Waals surface area (Å²) in [6.07, 6.45) is 2.79. The van der Waals surface area contributed by atoms with Crippen molar-refractivity contribution in [2.24, 2.45) is 0 Å². The molecule has 0 aliphatic carbocycles. The van der Waals surface area contributed by atoms with Gasteiger partial charge < -0.3 is 9.26 Å². The molecule has 1 fully saturated rings. The van der Waals surface area contributed by atoms with Gasteiger partial charge in [-0.15, -0.1) is 0 Å². The topological polar surface area (TPSA) is 68.5 Å². The van der Waals surface area contributed by atoms with Crippen molar-refractivity contribution in [3.63, 3.8) is 0 Å². The van der Waals surface area contributed by atoms with Gasteiger partial charge in [-0.2, -0.15) is 4.98 Å². The van der Waals surface area contributed by atoms with E-state index in [0.717, 1.165) is 25.8 Å². The van der Waals surface area contributed by atoms with Crippen LogP contribution in [-0.2, 0) is 16.1 Å². The zero-order chi connectivity index (χ0) is 16.2. The van der Waals surface area contributed by atoms with Crippen molar-refractivity contribution in [1.29, 1.82) is 0 Å². The summed E-state index contributed by atoms with van der Waals surface area (Å²) >= 11 is 0. The van der Waals surface area contributed by atoms with Gasteiger partial charge in [-0.3, -0.25) is 9.69 Å². The van der Waals surface area contributed by atoms with Crippen molar-refractivity contribution >= 4 is 5.97 Å². The van der Waals surface area contributed by atoms with E-state index in [9.17, 15) is 9.18 Å². The van der Waals surface area contributed by atoms with Gasteiger partial charge in [0.2, 0.25) is 11.7 Å². The molecule has 1 aromatic carbocycles. The molecule has 1 atom stereocenters. The van der Waals surface area contributed by atoms with Crippen LogP contribution < -0.4 is 0 Å². The molecule has 0 saturated carbocycles. The lowest BCUT2D eigenvalue weighted by Crippen LogP contribution is -2.44. The molecule has 1 saturated heterocycles. The average Bonchev–Trinajstić information content (AvgIpc) is 3.04. The van der Waals surface area contributed by atoms with Crippen LogP contribution >= 0.6 is 0 Å². The molecule has 6 nitrogen and oxygen atoms in total. The minimum Gasteiger partial charge on any atom is -0.468 e. The third-order valence-electron chi connectivity index (χ3n) is 4.00. The Bertz CT molecular complexity index is 671. The minimum atomic E-state index is -0.313. The second-order valence-corrected chi connectivity index (χ2v) is 5.52. The normalized spacial score (nSPS) is 18.8. The molecular weight excluding hydrogens is 301 g/mol. The monoisotopic (exact) mass is 319 g/mol. The molecule has 3 rings (SSSR count). The molecule has 1 aliphatic heterocycles. The molecule has 122 valence electrons. The summed E-state index contributed by atoms with van der Waals surface area (Å²) in [4.78, 5) is 18.2. The minimum absolute atomic E-state index is 0.233. The molecule has 0 spiro atoms. The van der Waals surface area contributed by atoms with Crippen molar-refractivity contribution in [3.8, 4) is 11.4 Å². The molecular formula is C16H18FN3O3. The van der Waals surface area contributed by atoms with E-state index < -0.39 is 0 Å². The summed E-state index contributed by atoms with van der Waals surface area (Å²) in [5.74, 6) is 0.293. The molecule has 23 heavy (non-hydrogen) atoms. The van der Waals surface area contributed by atoms with E-state index in [2.05, 4.69) is 10.1 Å². The molecule has 0 N–H and O–H groups in total. The highest BCUT2D eigenvalue weighted by Crippen LogP contribution is 2.22. The van der Waals surface area contributed by atoms with E-state index >= 15 is 0 Å². The fourth-order valence-electron chi connectivity index (χ4n) is 2.79. The summed E-state index contributed by atoms with van der Waals surface area (Å²) in [5, 5.41) is 3.92. The second-order valence-electron chi connectivity index (χ2n) is 5.52. The maximum atomic E-state index is 13.0. The smallest absolute Gasteiger partial charge is 0.323 e. The third kappa shape index (κ3) is 3.56. The van der Waals surface area contributed by atoms with Crippen LogP contribution in [0.3, 0.4) is 0 Å². The fraction of sp³-hybridized carbons (Fsp3) is 0.438. The van der Waals surface area contributed by atoms with E-state index in [4.69, 9.17) is 9.26 Å². The number of piperidine rings is 1. The number of likely N-dealkylation sites (tertiary alicyclic amines) is 1. The van der Waals surface area contributed by atoms with Crippen LogP contribution in [0.25, 0.3) is 11.4 Å². The summed E-state index contributed by atoms with van der Waals surface area (Å²) in [6, 6.07) is 5.63. The lowest BCUT2D eigenvalue weighted by atomic mass is 10.0. The molecule has 2 aromatic rings. The molecule has 1 aromatic heterocycles. The predicted octanol–water partition coefficient (Wildman–Crippen LogP) is 2.40. The number of ether oxygens (including phenoxy) is 1. The molecule has 0 radical (unpaired) electrons. The van der Waals surface area contributed by atoms with Crippen molar-refractivity contribution in [2.45, 2.75) is 31.8 Å². The lowest BCUT2D eigenvalue weighted by molar-refractivity contribution is -0.148. The van der Waals surface area contributed by atoms with Gasteiger partial charge >= 0.3 is 5.97 Å². The first-order valence-corrected chi connectivity index (χ1v) is 7.58. The van der Waals surface area contributed by atoms with E-state index in [0.29, 0.717) is 23.8 Å². The summed E-state index contributed by atoms with van der Waals surface area (Å²) in [7, 11) is 1.40. The Kier molecular flexibility index (Phi) is 4.66. The SMILES string of the molecule is COC(=O)[C@H]1CCCCN1Cc1nc(-c2ccc(F)cc2)no1. The van der Waals surface area contributed by atoms with Crippen LogP contribution in [0.1, 0.15) is 25.2 Å². The van der Waals surface area contributed by atoms with Crippen molar-refractivity contribution in [1.82, 2.24) is 15.0 Å². The van der Waals surface area contributed by atoms with Gasteiger partial charge in [-0.05, 0) is 43.7 Å². The average molecular weight is 319 g/mol. The number of aromatic nitrogens is 2. The molecule has 7 heteroatoms. The number of hydrogen-bond donors (Lipinski definition) is 0. The van der Waals surface area contributed by atoms with Crippen LogP contribution in [0, 0.1) is 5.82 Å². The lowest BCUT2D eigenvalue weighted by Gasteiger charge is -2.32. The van der Waals surface area contributed by atoms with Gasteiger partial charge in [0.25, 0.3) is 0 Å². The van der Waals surface area contributed by atoms with Gasteiger partial charge in [0.15, 0.2) is 0 Å². The van der Waals surface area contributed by atoms with E-state index in [-0.39, 0.29) is 17.8 Å². The predicted molar refractivity (Wildman–Crippen MR) is 79.8 cm³/mol. The number of carbonyl (C=O) groups excluding carboxylic acids is 1. The first-order chi connectivity index (χ1) is 11.2. The first-order valence-electron chi connectivity index (χ1n) is 7.58. The Morgan fingerprint density at radius 1 is 1.39 bits per heavy atom.